The van der Waals surface area contributed by atoms with Crippen molar-refractivity contribution in [1.82, 2.24) is 5.32 Å². The number of para-hydroxylation sites is 1. The summed E-state index contributed by atoms with van der Waals surface area (Å²) in [4.78, 5) is 12.9. The first kappa shape index (κ1) is 32.8. The van der Waals surface area contributed by atoms with Crippen LogP contribution in [-0.2, 0) is 19.0 Å². The summed E-state index contributed by atoms with van der Waals surface area (Å²) in [5, 5.41) is 65.4. The number of rotatable bonds is 9. The van der Waals surface area contributed by atoms with E-state index in [1.54, 1.807) is 30.3 Å². The summed E-state index contributed by atoms with van der Waals surface area (Å²) in [6.45, 7) is 2.29. The molecule has 1 amide bonds. The van der Waals surface area contributed by atoms with E-state index in [1.165, 1.54) is 38.1 Å². The van der Waals surface area contributed by atoms with Crippen molar-refractivity contribution in [2.75, 3.05) is 13.4 Å². The first-order chi connectivity index (χ1) is 21.5. The Morgan fingerprint density at radius 3 is 2.33 bits per heavy atom. The Morgan fingerprint density at radius 1 is 0.956 bits per heavy atom. The average molecular weight is 634 g/mol. The average Bonchev–Trinajstić information content (AvgIpc) is 3.63. The highest BCUT2D eigenvalue weighted by molar-refractivity contribution is 5.97. The van der Waals surface area contributed by atoms with E-state index >= 15 is 0 Å². The van der Waals surface area contributed by atoms with Crippen molar-refractivity contribution in [3.05, 3.63) is 71.1 Å². The van der Waals surface area contributed by atoms with E-state index < -0.39 is 79.5 Å². The third-order valence-corrected chi connectivity index (χ3v) is 8.05. The first-order valence-electron chi connectivity index (χ1n) is 14.3. The Kier molecular flexibility index (Phi) is 10.1. The number of ether oxygens (including phenoxy) is 5. The van der Waals surface area contributed by atoms with Crippen LogP contribution in [0.3, 0.4) is 0 Å². The van der Waals surface area contributed by atoms with Crippen molar-refractivity contribution in [3.63, 3.8) is 0 Å². The van der Waals surface area contributed by atoms with Gasteiger partial charge in [0.1, 0.15) is 73.8 Å². The third kappa shape index (κ3) is 6.98. The highest BCUT2D eigenvalue weighted by atomic mass is 19.1. The highest BCUT2D eigenvalue weighted by Gasteiger charge is 2.53. The van der Waals surface area contributed by atoms with Gasteiger partial charge in [-0.3, -0.25) is 4.79 Å². The molecule has 0 aromatic heterocycles. The summed E-state index contributed by atoms with van der Waals surface area (Å²) >= 11 is 0. The lowest BCUT2D eigenvalue weighted by Crippen LogP contribution is -2.67. The second-order valence-electron chi connectivity index (χ2n) is 11.1. The van der Waals surface area contributed by atoms with Gasteiger partial charge in [-0.15, -0.1) is 0 Å². The van der Waals surface area contributed by atoms with E-state index in [0.717, 1.165) is 0 Å². The minimum atomic E-state index is -1.57. The summed E-state index contributed by atoms with van der Waals surface area (Å²) in [5.41, 5.74) is 0.521. The number of carbonyl (C=O) groups is 1. The maximum Gasteiger partial charge on any atom is 0.247 e. The molecule has 0 spiro atoms. The number of nitrogens with one attached hydrogen (secondary N) is 1. The topological polar surface area (TPSA) is 197 Å². The Hall–Kier alpha value is -3.60. The van der Waals surface area contributed by atoms with Gasteiger partial charge in [0.15, 0.2) is 11.5 Å². The summed E-state index contributed by atoms with van der Waals surface area (Å²) < 4.78 is 41.9. The molecule has 2 aromatic rings. The van der Waals surface area contributed by atoms with Crippen LogP contribution in [0.25, 0.3) is 6.08 Å². The van der Waals surface area contributed by atoms with Crippen molar-refractivity contribution in [2.24, 2.45) is 0 Å². The lowest BCUT2D eigenvalue weighted by atomic mass is 9.83. The fourth-order valence-corrected chi connectivity index (χ4v) is 5.42. The third-order valence-electron chi connectivity index (χ3n) is 8.05. The molecule has 3 fully saturated rings. The number of aliphatic hydroxyl groups is 5. The molecule has 5 rings (SSSR count). The summed E-state index contributed by atoms with van der Waals surface area (Å²) in [5.74, 6) is -1.39. The Balaban J connectivity index is 1.20. The maximum absolute atomic E-state index is 14.8. The van der Waals surface area contributed by atoms with E-state index in [0.29, 0.717) is 11.3 Å². The van der Waals surface area contributed by atoms with Gasteiger partial charge in [-0.05, 0) is 55.3 Å². The Bertz CT molecular complexity index is 1420. The standard InChI is InChI=1S/C31H36FNO12/c1-14(30(40)33-21-22(35)24(37)29-28(23(21)36)42-13-43-29)10-16-8-9-20(19(34)11-16)44-31-26(39)25(38)27(45-31)15(2)18(32)12-41-17-6-4-3-5-7-17/h3-11,21-29,31,34-39H,12-13H2,1-2H3,(H,33,40)/t21-,22+,23-,24-,25+,26+,27-,28+,29-,31-/m1/s1. The molecule has 1 aliphatic carbocycles. The molecule has 0 radical (unpaired) electrons. The fraction of sp³-hybridized carbons (Fsp3) is 0.452. The molecule has 2 saturated heterocycles. The van der Waals surface area contributed by atoms with E-state index in [4.69, 9.17) is 23.7 Å². The van der Waals surface area contributed by atoms with Gasteiger partial charge in [-0.1, -0.05) is 24.3 Å². The molecule has 1 saturated carbocycles. The molecular weight excluding hydrogens is 597 g/mol. The zero-order valence-corrected chi connectivity index (χ0v) is 24.4. The summed E-state index contributed by atoms with van der Waals surface area (Å²) in [7, 11) is 0. The predicted molar refractivity (Wildman–Crippen MR) is 153 cm³/mol. The number of halogens is 1. The van der Waals surface area contributed by atoms with Crippen LogP contribution in [0.15, 0.2) is 65.5 Å². The summed E-state index contributed by atoms with van der Waals surface area (Å²) in [6, 6.07) is 11.5. The number of hydrogen-bond acceptors (Lipinski definition) is 12. The number of phenols is 1. The number of fused-ring (bicyclic) bond motifs is 1. The second-order valence-corrected chi connectivity index (χ2v) is 11.1. The second kappa shape index (κ2) is 13.8. The fourth-order valence-electron chi connectivity index (χ4n) is 5.42. The number of carbonyl (C=O) groups excluding carboxylic acids is 1. The van der Waals surface area contributed by atoms with Gasteiger partial charge < -0.3 is 59.6 Å². The highest BCUT2D eigenvalue weighted by Crippen LogP contribution is 2.35. The SMILES string of the molecule is CC(=Cc1ccc(O[C@@H]2O[C@H](C(C)=C(F)COc3ccccc3)[C@@H](O)[C@@H]2O)c(O)c1)C(=O)N[C@@H]1[C@H](O)[C@@H](O)[C@H]2OCO[C@H]2[C@@H]1O. The van der Waals surface area contributed by atoms with E-state index in [-0.39, 0.29) is 29.4 Å². The molecule has 13 nitrogen and oxygen atoms in total. The number of amides is 1. The van der Waals surface area contributed by atoms with Gasteiger partial charge in [0.25, 0.3) is 0 Å². The quantitative estimate of drug-likeness (QED) is 0.187. The molecule has 45 heavy (non-hydrogen) atoms. The van der Waals surface area contributed by atoms with E-state index in [1.807, 2.05) is 0 Å². The van der Waals surface area contributed by atoms with Crippen LogP contribution >= 0.6 is 0 Å². The Labute approximate surface area is 257 Å². The minimum Gasteiger partial charge on any atom is -0.504 e. The number of hydrogen-bond donors (Lipinski definition) is 7. The molecular formula is C31H36FNO12. The zero-order chi connectivity index (χ0) is 32.4. The number of phenolic OH excluding ortho intramolecular Hbond substituents is 1. The lowest BCUT2D eigenvalue weighted by Gasteiger charge is -2.41. The molecule has 244 valence electrons. The van der Waals surface area contributed by atoms with Gasteiger partial charge in [0.2, 0.25) is 12.2 Å². The molecule has 0 unspecified atom stereocenters. The normalized spacial score (nSPS) is 33.7. The van der Waals surface area contributed by atoms with Crippen molar-refractivity contribution in [2.45, 2.75) is 75.0 Å². The monoisotopic (exact) mass is 633 g/mol. The van der Waals surface area contributed by atoms with Crippen LogP contribution in [0.5, 0.6) is 17.2 Å². The molecule has 2 aromatic carbocycles. The van der Waals surface area contributed by atoms with Crippen molar-refractivity contribution in [3.8, 4) is 17.2 Å². The zero-order valence-electron chi connectivity index (χ0n) is 24.4. The first-order valence-corrected chi connectivity index (χ1v) is 14.3. The molecule has 3 aliphatic rings. The van der Waals surface area contributed by atoms with Gasteiger partial charge in [-0.2, -0.15) is 0 Å². The molecule has 2 aliphatic heterocycles. The molecule has 0 bridgehead atoms. The minimum absolute atomic E-state index is 0.00809. The molecule has 7 N–H and O–H groups in total. The van der Waals surface area contributed by atoms with Crippen LogP contribution in [-0.4, -0.2) is 111 Å². The van der Waals surface area contributed by atoms with Crippen LogP contribution in [0, 0.1) is 0 Å². The van der Waals surface area contributed by atoms with Gasteiger partial charge in [-0.25, -0.2) is 4.39 Å². The predicted octanol–water partition coefficient (Wildman–Crippen LogP) is 0.266. The van der Waals surface area contributed by atoms with Gasteiger partial charge in [0, 0.05) is 5.57 Å². The maximum atomic E-state index is 14.8. The van der Waals surface area contributed by atoms with Crippen LogP contribution < -0.4 is 14.8 Å². The number of aromatic hydroxyl groups is 1. The lowest BCUT2D eigenvalue weighted by molar-refractivity contribution is -0.155. The van der Waals surface area contributed by atoms with Crippen LogP contribution in [0.4, 0.5) is 4.39 Å². The van der Waals surface area contributed by atoms with Crippen LogP contribution in [0.2, 0.25) is 0 Å². The largest absolute Gasteiger partial charge is 0.504 e. The number of aliphatic hydroxyl groups excluding tert-OH is 5. The van der Waals surface area contributed by atoms with Gasteiger partial charge >= 0.3 is 0 Å². The van der Waals surface area contributed by atoms with Crippen molar-refractivity contribution in [1.29, 1.82) is 0 Å². The molecule has 2 heterocycles. The van der Waals surface area contributed by atoms with Crippen LogP contribution in [0.1, 0.15) is 19.4 Å². The Morgan fingerprint density at radius 2 is 1.64 bits per heavy atom. The van der Waals surface area contributed by atoms with Crippen molar-refractivity contribution < 1.29 is 63.5 Å². The smallest absolute Gasteiger partial charge is 0.247 e. The van der Waals surface area contributed by atoms with Gasteiger partial charge in [0.05, 0.1) is 6.04 Å². The van der Waals surface area contributed by atoms with E-state index in [2.05, 4.69) is 5.32 Å². The molecule has 10 atom stereocenters. The van der Waals surface area contributed by atoms with Crippen molar-refractivity contribution >= 4 is 12.0 Å². The number of benzene rings is 2. The summed E-state index contributed by atoms with van der Waals surface area (Å²) in [6.07, 6.45) is -10.4. The molecule has 14 heteroatoms. The van der Waals surface area contributed by atoms with E-state index in [9.17, 15) is 39.8 Å².